The standard InChI is InChI=1S/C2H4O2.Ni.4H/c1-2(3)4;;;;;/h1H3,(H,3,4);;;;;/q;;4*-1. The largest absolute Gasteiger partial charge is 1.00 e. The fourth-order valence-electron chi connectivity index (χ4n) is 0. The van der Waals surface area contributed by atoms with E-state index in [4.69, 9.17) is 9.90 Å². The first-order chi connectivity index (χ1) is 1.73. The van der Waals surface area contributed by atoms with Crippen LogP contribution in [0.5, 0.6) is 0 Å². The van der Waals surface area contributed by atoms with Crippen LogP contribution in [0.1, 0.15) is 12.6 Å². The van der Waals surface area contributed by atoms with Crippen molar-refractivity contribution in [2.75, 3.05) is 0 Å². The summed E-state index contributed by atoms with van der Waals surface area (Å²) in [4.78, 5) is 9.00. The van der Waals surface area contributed by atoms with E-state index in [0.29, 0.717) is 0 Å². The van der Waals surface area contributed by atoms with Crippen LogP contribution < -0.4 is 0 Å². The molecular formula is C2H8NiO2-4. The van der Waals surface area contributed by atoms with E-state index in [9.17, 15) is 0 Å². The fraction of sp³-hybridized carbons (Fsp3) is 0.500. The van der Waals surface area contributed by atoms with Crippen LogP contribution in [-0.2, 0) is 21.3 Å². The summed E-state index contributed by atoms with van der Waals surface area (Å²) >= 11 is 0. The summed E-state index contributed by atoms with van der Waals surface area (Å²) in [6.07, 6.45) is 0. The Hall–Kier alpha value is -0.0365. The van der Waals surface area contributed by atoms with Crippen molar-refractivity contribution in [2.45, 2.75) is 6.92 Å². The van der Waals surface area contributed by atoms with Crippen molar-refractivity contribution in [1.82, 2.24) is 0 Å². The molecule has 0 aromatic rings. The number of carboxylic acids is 1. The molecule has 0 rings (SSSR count). The van der Waals surface area contributed by atoms with Crippen LogP contribution in [0.2, 0.25) is 0 Å². The van der Waals surface area contributed by atoms with E-state index in [0.717, 1.165) is 6.92 Å². The van der Waals surface area contributed by atoms with Crippen LogP contribution in [0.25, 0.3) is 0 Å². The molecule has 0 aromatic heterocycles. The minimum absolute atomic E-state index is 0. The molecule has 0 heterocycles. The summed E-state index contributed by atoms with van der Waals surface area (Å²) in [7, 11) is 0. The van der Waals surface area contributed by atoms with E-state index in [1.54, 1.807) is 0 Å². The quantitative estimate of drug-likeness (QED) is 0.477. The van der Waals surface area contributed by atoms with Gasteiger partial charge in [0.2, 0.25) is 0 Å². The second-order valence-electron chi connectivity index (χ2n) is 0.519. The van der Waals surface area contributed by atoms with Gasteiger partial charge in [0, 0.05) is 23.4 Å². The molecule has 0 fully saturated rings. The Balaban J connectivity index is -0.00000000450. The summed E-state index contributed by atoms with van der Waals surface area (Å²) in [5, 5.41) is 7.42. The maximum absolute atomic E-state index is 9.00. The first-order valence-corrected chi connectivity index (χ1v) is 0.928. The topological polar surface area (TPSA) is 37.3 Å². The van der Waals surface area contributed by atoms with Crippen LogP contribution in [0.4, 0.5) is 0 Å². The van der Waals surface area contributed by atoms with Gasteiger partial charge in [-0.1, -0.05) is 0 Å². The van der Waals surface area contributed by atoms with Gasteiger partial charge in [0.1, 0.15) is 0 Å². The maximum atomic E-state index is 9.00. The summed E-state index contributed by atoms with van der Waals surface area (Å²) in [5.74, 6) is -0.833. The van der Waals surface area contributed by atoms with Crippen LogP contribution in [-0.4, -0.2) is 11.1 Å². The van der Waals surface area contributed by atoms with Crippen molar-refractivity contribution in [3.8, 4) is 0 Å². The number of hydrogen-bond donors (Lipinski definition) is 1. The number of aliphatic carboxylic acids is 1. The number of hydrogen-bond acceptors (Lipinski definition) is 1. The molecule has 5 heavy (non-hydrogen) atoms. The predicted molar refractivity (Wildman–Crippen MR) is 17.8 cm³/mol. The molecule has 0 aliphatic carbocycles. The van der Waals surface area contributed by atoms with Gasteiger partial charge >= 0.3 is 0 Å². The molecule has 0 unspecified atom stereocenters. The van der Waals surface area contributed by atoms with E-state index < -0.39 is 5.97 Å². The minimum Gasteiger partial charge on any atom is -1.00 e. The molecule has 0 aliphatic rings. The van der Waals surface area contributed by atoms with E-state index in [-0.39, 0.29) is 22.2 Å². The average Bonchev–Trinajstić information content (AvgIpc) is 0.811. The maximum Gasteiger partial charge on any atom is 0.300 e. The van der Waals surface area contributed by atoms with E-state index in [1.165, 1.54) is 0 Å². The van der Waals surface area contributed by atoms with Gasteiger partial charge in [0.05, 0.1) is 0 Å². The zero-order valence-corrected chi connectivity index (χ0v) is 3.66. The number of carboxylic acid groups (broad SMARTS) is 1. The zero-order valence-electron chi connectivity index (χ0n) is 6.67. The molecular weight excluding hydrogens is 115 g/mol. The van der Waals surface area contributed by atoms with Gasteiger partial charge < -0.3 is 10.8 Å². The third kappa shape index (κ3) is 11500. The molecule has 0 spiro atoms. The van der Waals surface area contributed by atoms with Crippen molar-refractivity contribution in [1.29, 1.82) is 0 Å². The number of carbonyl (C=O) groups is 1. The van der Waals surface area contributed by atoms with Gasteiger partial charge in [0.15, 0.2) is 0 Å². The van der Waals surface area contributed by atoms with Crippen molar-refractivity contribution in [2.24, 2.45) is 0 Å². The second kappa shape index (κ2) is 3.96. The Morgan fingerprint density at radius 1 is 2.00 bits per heavy atom. The minimum atomic E-state index is -0.833. The zero-order chi connectivity index (χ0) is 3.58. The SMILES string of the molecule is CC(=O)O.[H-].[H-].[H-].[H-].[Ni]. The molecule has 0 saturated heterocycles. The normalized spacial score (nSPS) is 5.00. The Morgan fingerprint density at radius 2 is 2.00 bits per heavy atom. The molecule has 42 valence electrons. The average molecular weight is 123 g/mol. The fourth-order valence-corrected chi connectivity index (χ4v) is 0. The smallest absolute Gasteiger partial charge is 0.300 e. The molecule has 1 N–H and O–H groups in total. The van der Waals surface area contributed by atoms with Crippen LogP contribution in [0.15, 0.2) is 0 Å². The summed E-state index contributed by atoms with van der Waals surface area (Å²) < 4.78 is 0. The molecule has 0 aromatic carbocycles. The van der Waals surface area contributed by atoms with Gasteiger partial charge in [-0.15, -0.1) is 0 Å². The summed E-state index contributed by atoms with van der Waals surface area (Å²) in [5.41, 5.74) is 0. The first-order valence-electron chi connectivity index (χ1n) is 0.928. The molecule has 3 heteroatoms. The molecule has 0 saturated carbocycles. The van der Waals surface area contributed by atoms with Crippen molar-refractivity contribution < 1.29 is 32.1 Å². The van der Waals surface area contributed by atoms with Crippen LogP contribution in [0, 0.1) is 0 Å². The molecule has 0 radical (unpaired) electrons. The predicted octanol–water partition coefficient (Wildman–Crippen LogP) is 0.538. The van der Waals surface area contributed by atoms with E-state index >= 15 is 0 Å². The van der Waals surface area contributed by atoms with E-state index in [2.05, 4.69) is 0 Å². The van der Waals surface area contributed by atoms with Crippen molar-refractivity contribution >= 4 is 5.97 Å². The Labute approximate surface area is 46.0 Å². The van der Waals surface area contributed by atoms with Gasteiger partial charge in [-0.2, -0.15) is 0 Å². The molecule has 0 atom stereocenters. The summed E-state index contributed by atoms with van der Waals surface area (Å²) in [6.45, 7) is 1.08. The van der Waals surface area contributed by atoms with Gasteiger partial charge in [-0.3, -0.25) is 4.79 Å². The van der Waals surface area contributed by atoms with Gasteiger partial charge in [-0.05, 0) is 0 Å². The molecule has 0 bridgehead atoms. The monoisotopic (exact) mass is 122 g/mol. The first kappa shape index (κ1) is 8.88. The van der Waals surface area contributed by atoms with E-state index in [1.807, 2.05) is 0 Å². The van der Waals surface area contributed by atoms with Crippen molar-refractivity contribution in [3.63, 3.8) is 0 Å². The van der Waals surface area contributed by atoms with Crippen LogP contribution >= 0.6 is 0 Å². The van der Waals surface area contributed by atoms with Gasteiger partial charge in [-0.25, -0.2) is 0 Å². The summed E-state index contributed by atoms with van der Waals surface area (Å²) in [6, 6.07) is 0. The second-order valence-corrected chi connectivity index (χ2v) is 0.519. The molecule has 0 aliphatic heterocycles. The van der Waals surface area contributed by atoms with Crippen molar-refractivity contribution in [3.05, 3.63) is 0 Å². The Kier molecular flexibility index (Phi) is 7.04. The van der Waals surface area contributed by atoms with Crippen LogP contribution in [0.3, 0.4) is 0 Å². The Morgan fingerprint density at radius 3 is 2.00 bits per heavy atom. The molecule has 2 nitrogen and oxygen atoms in total. The molecule has 0 amide bonds. The third-order valence-electron chi connectivity index (χ3n) is 0. The Bertz CT molecular complexity index is 39.5. The third-order valence-corrected chi connectivity index (χ3v) is 0. The van der Waals surface area contributed by atoms with Gasteiger partial charge in [0.25, 0.3) is 5.97 Å². The number of rotatable bonds is 0.